The maximum Gasteiger partial charge on any atom is 0.164 e. The zero-order valence-electron chi connectivity index (χ0n) is 11.0. The monoisotopic (exact) mass is 280 g/mol. The molecule has 1 saturated heterocycles. The van der Waals surface area contributed by atoms with E-state index in [1.807, 2.05) is 0 Å². The fraction of sp³-hybridized carbons (Fsp3) is 1.00. The van der Waals surface area contributed by atoms with E-state index in [0.717, 1.165) is 31.8 Å². The van der Waals surface area contributed by atoms with Gasteiger partial charge in [-0.15, -0.1) is 0 Å². The highest BCUT2D eigenvalue weighted by Gasteiger charge is 2.30. The number of sulfone groups is 1. The van der Waals surface area contributed by atoms with Crippen molar-refractivity contribution in [2.45, 2.75) is 31.7 Å². The maximum absolute atomic E-state index is 11.7. The molecule has 1 aliphatic heterocycles. The molecule has 2 unspecified atom stereocenters. The minimum Gasteiger partial charge on any atom is -0.313 e. The van der Waals surface area contributed by atoms with E-state index in [-0.39, 0.29) is 5.37 Å². The van der Waals surface area contributed by atoms with Crippen LogP contribution in [0.15, 0.2) is 0 Å². The molecule has 0 aromatic heterocycles. The van der Waals surface area contributed by atoms with Gasteiger partial charge in [-0.2, -0.15) is 11.8 Å². The summed E-state index contributed by atoms with van der Waals surface area (Å²) in [4.78, 5) is 2.10. The first-order chi connectivity index (χ1) is 7.95. The molecule has 0 bridgehead atoms. The average molecular weight is 280 g/mol. The number of rotatable bonds is 6. The predicted molar refractivity (Wildman–Crippen MR) is 75.3 cm³/mol. The standard InChI is InChI=1S/C11H24N2O2S2/c1-4-10(2)12-5-6-13-7-8-16-9-11(13)17(3,14)15/h10-12H,4-9H2,1-3H3. The highest BCUT2D eigenvalue weighted by molar-refractivity contribution is 8.00. The lowest BCUT2D eigenvalue weighted by Crippen LogP contribution is -2.49. The second-order valence-electron chi connectivity index (χ2n) is 4.66. The molecule has 6 heteroatoms. The minimum absolute atomic E-state index is 0.292. The Hall–Kier alpha value is 0.220. The summed E-state index contributed by atoms with van der Waals surface area (Å²) in [5.74, 6) is 1.75. The van der Waals surface area contributed by atoms with Crippen molar-refractivity contribution in [3.05, 3.63) is 0 Å². The van der Waals surface area contributed by atoms with Crippen LogP contribution in [-0.2, 0) is 9.84 Å². The number of thioether (sulfide) groups is 1. The third kappa shape index (κ3) is 5.16. The van der Waals surface area contributed by atoms with Gasteiger partial charge in [0.25, 0.3) is 0 Å². The van der Waals surface area contributed by atoms with Crippen LogP contribution in [0.3, 0.4) is 0 Å². The molecular weight excluding hydrogens is 256 g/mol. The summed E-state index contributed by atoms with van der Waals surface area (Å²) in [5, 5.41) is 3.12. The highest BCUT2D eigenvalue weighted by Crippen LogP contribution is 2.19. The molecule has 0 radical (unpaired) electrons. The van der Waals surface area contributed by atoms with Crippen molar-refractivity contribution in [1.29, 1.82) is 0 Å². The Balaban J connectivity index is 2.44. The summed E-state index contributed by atoms with van der Waals surface area (Å²) in [6, 6.07) is 0.505. The van der Waals surface area contributed by atoms with Gasteiger partial charge in [0.1, 0.15) is 5.37 Å². The molecule has 1 aliphatic rings. The second-order valence-corrected chi connectivity index (χ2v) is 8.01. The zero-order chi connectivity index (χ0) is 12.9. The van der Waals surface area contributed by atoms with Crippen LogP contribution in [0, 0.1) is 0 Å². The molecule has 2 atom stereocenters. The molecular formula is C11H24N2O2S2. The summed E-state index contributed by atoms with van der Waals surface area (Å²) in [6.07, 6.45) is 2.45. The Labute approximate surface area is 109 Å². The summed E-state index contributed by atoms with van der Waals surface area (Å²) in [6.45, 7) is 6.87. The molecule has 0 aromatic rings. The molecule has 4 nitrogen and oxygen atoms in total. The van der Waals surface area contributed by atoms with Gasteiger partial charge >= 0.3 is 0 Å². The molecule has 1 N–H and O–H groups in total. The van der Waals surface area contributed by atoms with Gasteiger partial charge in [0.05, 0.1) is 0 Å². The van der Waals surface area contributed by atoms with E-state index in [9.17, 15) is 8.42 Å². The number of hydrogen-bond donors (Lipinski definition) is 1. The van der Waals surface area contributed by atoms with Crippen LogP contribution in [-0.4, -0.2) is 62.1 Å². The molecule has 0 aliphatic carbocycles. The van der Waals surface area contributed by atoms with E-state index >= 15 is 0 Å². The van der Waals surface area contributed by atoms with Crippen molar-refractivity contribution in [3.63, 3.8) is 0 Å². The summed E-state index contributed by atoms with van der Waals surface area (Å²) < 4.78 is 23.3. The number of hydrogen-bond acceptors (Lipinski definition) is 5. The first-order valence-electron chi connectivity index (χ1n) is 6.19. The van der Waals surface area contributed by atoms with E-state index in [0.29, 0.717) is 11.8 Å². The summed E-state index contributed by atoms with van der Waals surface area (Å²) >= 11 is 1.74. The van der Waals surface area contributed by atoms with Crippen LogP contribution in [0.25, 0.3) is 0 Å². The van der Waals surface area contributed by atoms with Gasteiger partial charge in [-0.1, -0.05) is 6.92 Å². The van der Waals surface area contributed by atoms with Crippen molar-refractivity contribution in [2.24, 2.45) is 0 Å². The first kappa shape index (κ1) is 15.3. The Morgan fingerprint density at radius 2 is 2.24 bits per heavy atom. The summed E-state index contributed by atoms with van der Waals surface area (Å²) in [7, 11) is -2.95. The molecule has 0 aromatic carbocycles. The topological polar surface area (TPSA) is 49.4 Å². The van der Waals surface area contributed by atoms with Crippen molar-refractivity contribution >= 4 is 21.6 Å². The third-order valence-corrected chi connectivity index (χ3v) is 5.88. The normalized spacial score (nSPS) is 24.8. The fourth-order valence-corrected chi connectivity index (χ4v) is 4.84. The van der Waals surface area contributed by atoms with Crippen LogP contribution in [0.5, 0.6) is 0 Å². The molecule has 17 heavy (non-hydrogen) atoms. The van der Waals surface area contributed by atoms with Crippen molar-refractivity contribution in [3.8, 4) is 0 Å². The predicted octanol–water partition coefficient (Wildman–Crippen LogP) is 0.794. The van der Waals surface area contributed by atoms with Crippen LogP contribution in [0.2, 0.25) is 0 Å². The van der Waals surface area contributed by atoms with E-state index < -0.39 is 9.84 Å². The first-order valence-corrected chi connectivity index (χ1v) is 9.30. The lowest BCUT2D eigenvalue weighted by molar-refractivity contribution is 0.266. The van der Waals surface area contributed by atoms with Gasteiger partial charge in [-0.25, -0.2) is 8.42 Å². The van der Waals surface area contributed by atoms with Gasteiger partial charge in [0.2, 0.25) is 0 Å². The van der Waals surface area contributed by atoms with Gasteiger partial charge < -0.3 is 5.32 Å². The lowest BCUT2D eigenvalue weighted by Gasteiger charge is -2.34. The Bertz CT molecular complexity index is 319. The van der Waals surface area contributed by atoms with Crippen LogP contribution in [0.1, 0.15) is 20.3 Å². The smallest absolute Gasteiger partial charge is 0.164 e. The van der Waals surface area contributed by atoms with Gasteiger partial charge in [-0.05, 0) is 13.3 Å². The van der Waals surface area contributed by atoms with E-state index in [2.05, 4.69) is 24.1 Å². The van der Waals surface area contributed by atoms with Gasteiger partial charge in [0, 0.05) is 43.4 Å². The molecule has 1 heterocycles. The summed E-state index contributed by atoms with van der Waals surface area (Å²) in [5.41, 5.74) is 0. The SMILES string of the molecule is CCC(C)NCCN1CCSCC1S(C)(=O)=O. The Morgan fingerprint density at radius 1 is 1.53 bits per heavy atom. The maximum atomic E-state index is 11.7. The molecule has 102 valence electrons. The van der Waals surface area contributed by atoms with Crippen molar-refractivity contribution in [1.82, 2.24) is 10.2 Å². The molecule has 1 fully saturated rings. The third-order valence-electron chi connectivity index (χ3n) is 3.19. The van der Waals surface area contributed by atoms with E-state index in [1.165, 1.54) is 6.26 Å². The number of nitrogens with zero attached hydrogens (tertiary/aromatic N) is 1. The zero-order valence-corrected chi connectivity index (χ0v) is 12.6. The van der Waals surface area contributed by atoms with E-state index in [1.54, 1.807) is 11.8 Å². The van der Waals surface area contributed by atoms with E-state index in [4.69, 9.17) is 0 Å². The molecule has 0 amide bonds. The molecule has 0 spiro atoms. The van der Waals surface area contributed by atoms with Crippen LogP contribution >= 0.6 is 11.8 Å². The highest BCUT2D eigenvalue weighted by atomic mass is 32.2. The van der Waals surface area contributed by atoms with Crippen molar-refractivity contribution < 1.29 is 8.42 Å². The van der Waals surface area contributed by atoms with Gasteiger partial charge in [-0.3, -0.25) is 4.90 Å². The van der Waals surface area contributed by atoms with Gasteiger partial charge in [0.15, 0.2) is 9.84 Å². The quantitative estimate of drug-likeness (QED) is 0.780. The van der Waals surface area contributed by atoms with Crippen LogP contribution < -0.4 is 5.32 Å². The second kappa shape index (κ2) is 6.97. The fourth-order valence-electron chi connectivity index (χ4n) is 1.86. The lowest BCUT2D eigenvalue weighted by atomic mass is 10.2. The minimum atomic E-state index is -2.95. The Morgan fingerprint density at radius 3 is 2.82 bits per heavy atom. The van der Waals surface area contributed by atoms with Crippen molar-refractivity contribution in [2.75, 3.05) is 37.4 Å². The largest absolute Gasteiger partial charge is 0.313 e. The molecule has 1 rings (SSSR count). The molecule has 0 saturated carbocycles. The van der Waals surface area contributed by atoms with Crippen LogP contribution in [0.4, 0.5) is 0 Å². The number of nitrogens with one attached hydrogen (secondary N) is 1. The Kier molecular flexibility index (Phi) is 6.26. The average Bonchev–Trinajstić information content (AvgIpc) is 2.28.